The first-order valence-corrected chi connectivity index (χ1v) is 11.8. The Balaban J connectivity index is 1.95. The van der Waals surface area contributed by atoms with Crippen molar-refractivity contribution in [1.29, 1.82) is 0 Å². The van der Waals surface area contributed by atoms with Gasteiger partial charge in [0, 0.05) is 18.5 Å². The number of hydrogen-bond donors (Lipinski definition) is 1. The normalized spacial score (nSPS) is 11.9. The highest BCUT2D eigenvalue weighted by molar-refractivity contribution is 5.89. The molecule has 0 saturated carbocycles. The molecular weight excluding hydrogens is 459 g/mol. The number of para-hydroxylation sites is 1. The molecule has 0 radical (unpaired) electrons. The first-order chi connectivity index (χ1) is 17.2. The molecule has 7 heteroatoms. The van der Waals surface area contributed by atoms with Gasteiger partial charge < -0.3 is 19.7 Å². The van der Waals surface area contributed by atoms with Crippen LogP contribution in [0.3, 0.4) is 0 Å². The highest BCUT2D eigenvalue weighted by Crippen LogP contribution is 2.20. The minimum atomic E-state index is -0.824. The van der Waals surface area contributed by atoms with Crippen molar-refractivity contribution in [3.63, 3.8) is 0 Å². The molecule has 0 spiro atoms. The van der Waals surface area contributed by atoms with Crippen LogP contribution in [0.15, 0.2) is 78.9 Å². The SMILES string of the molecule is COc1cccc(CN(C(=O)COc2ccccc2F)[C@H](Cc2ccccc2)C(=O)NC(C)(C)C)c1. The van der Waals surface area contributed by atoms with Crippen molar-refractivity contribution in [2.45, 2.75) is 45.3 Å². The zero-order valence-corrected chi connectivity index (χ0v) is 21.2. The Morgan fingerprint density at radius 1 is 0.944 bits per heavy atom. The predicted molar refractivity (Wildman–Crippen MR) is 137 cm³/mol. The van der Waals surface area contributed by atoms with Gasteiger partial charge >= 0.3 is 0 Å². The maximum Gasteiger partial charge on any atom is 0.261 e. The summed E-state index contributed by atoms with van der Waals surface area (Å²) in [6.45, 7) is 5.39. The minimum Gasteiger partial charge on any atom is -0.497 e. The Hall–Kier alpha value is -3.87. The van der Waals surface area contributed by atoms with Gasteiger partial charge in [-0.15, -0.1) is 0 Å². The molecule has 0 aliphatic heterocycles. The zero-order valence-electron chi connectivity index (χ0n) is 21.2. The van der Waals surface area contributed by atoms with Crippen LogP contribution in [0.4, 0.5) is 4.39 Å². The van der Waals surface area contributed by atoms with E-state index < -0.39 is 29.9 Å². The number of halogens is 1. The smallest absolute Gasteiger partial charge is 0.261 e. The van der Waals surface area contributed by atoms with E-state index in [4.69, 9.17) is 9.47 Å². The quantitative estimate of drug-likeness (QED) is 0.443. The maximum atomic E-state index is 14.1. The summed E-state index contributed by atoms with van der Waals surface area (Å²) >= 11 is 0. The first-order valence-electron chi connectivity index (χ1n) is 11.8. The lowest BCUT2D eigenvalue weighted by Gasteiger charge is -2.33. The van der Waals surface area contributed by atoms with Crippen LogP contribution < -0.4 is 14.8 Å². The molecule has 0 unspecified atom stereocenters. The summed E-state index contributed by atoms with van der Waals surface area (Å²) in [6.07, 6.45) is 0.304. The fourth-order valence-corrected chi connectivity index (χ4v) is 3.76. The van der Waals surface area contributed by atoms with E-state index in [1.807, 2.05) is 75.4 Å². The molecule has 0 saturated heterocycles. The van der Waals surface area contributed by atoms with E-state index in [2.05, 4.69) is 5.32 Å². The summed E-state index contributed by atoms with van der Waals surface area (Å²) in [5, 5.41) is 3.01. The molecule has 190 valence electrons. The number of carbonyl (C=O) groups is 2. The molecule has 2 amide bonds. The van der Waals surface area contributed by atoms with E-state index >= 15 is 0 Å². The molecule has 3 rings (SSSR count). The molecule has 0 heterocycles. The van der Waals surface area contributed by atoms with Crippen molar-refractivity contribution in [2.24, 2.45) is 0 Å². The Morgan fingerprint density at radius 2 is 1.61 bits per heavy atom. The number of carbonyl (C=O) groups excluding carboxylic acids is 2. The van der Waals surface area contributed by atoms with Crippen LogP contribution in [0.1, 0.15) is 31.9 Å². The summed E-state index contributed by atoms with van der Waals surface area (Å²) in [7, 11) is 1.57. The standard InChI is InChI=1S/C29H33FN2O4/c1-29(2,3)31-28(34)25(18-21-11-6-5-7-12-21)32(19-22-13-10-14-23(17-22)35-4)27(33)20-36-26-16-9-8-15-24(26)30/h5-17,25H,18-20H2,1-4H3,(H,31,34)/t25-/m1/s1. The Bertz CT molecular complexity index is 1160. The van der Waals surface area contributed by atoms with Crippen molar-refractivity contribution in [1.82, 2.24) is 10.2 Å². The van der Waals surface area contributed by atoms with Crippen LogP contribution in [0.25, 0.3) is 0 Å². The van der Waals surface area contributed by atoms with Gasteiger partial charge in [-0.3, -0.25) is 9.59 Å². The Labute approximate surface area is 212 Å². The van der Waals surface area contributed by atoms with Gasteiger partial charge in [0.25, 0.3) is 5.91 Å². The van der Waals surface area contributed by atoms with Crippen molar-refractivity contribution >= 4 is 11.8 Å². The topological polar surface area (TPSA) is 67.9 Å². The number of amides is 2. The van der Waals surface area contributed by atoms with Gasteiger partial charge in [-0.05, 0) is 56.2 Å². The molecule has 3 aromatic carbocycles. The number of methoxy groups -OCH3 is 1. The van der Waals surface area contributed by atoms with Gasteiger partial charge in [0.2, 0.25) is 5.91 Å². The summed E-state index contributed by atoms with van der Waals surface area (Å²) in [4.78, 5) is 28.6. The molecular formula is C29H33FN2O4. The van der Waals surface area contributed by atoms with E-state index in [0.717, 1.165) is 11.1 Å². The summed E-state index contributed by atoms with van der Waals surface area (Å²) < 4.78 is 25.0. The highest BCUT2D eigenvalue weighted by Gasteiger charge is 2.32. The molecule has 0 bridgehead atoms. The first kappa shape index (κ1) is 26.7. The van der Waals surface area contributed by atoms with Gasteiger partial charge in [-0.1, -0.05) is 54.6 Å². The number of benzene rings is 3. The monoisotopic (exact) mass is 492 g/mol. The fourth-order valence-electron chi connectivity index (χ4n) is 3.76. The van der Waals surface area contributed by atoms with Crippen molar-refractivity contribution in [3.05, 3.63) is 95.8 Å². The van der Waals surface area contributed by atoms with Gasteiger partial charge in [0.15, 0.2) is 18.2 Å². The fraction of sp³-hybridized carbons (Fsp3) is 0.310. The lowest BCUT2D eigenvalue weighted by Crippen LogP contribution is -2.55. The van der Waals surface area contributed by atoms with E-state index in [-0.39, 0.29) is 18.2 Å². The lowest BCUT2D eigenvalue weighted by atomic mass is 10.0. The second-order valence-corrected chi connectivity index (χ2v) is 9.54. The summed E-state index contributed by atoms with van der Waals surface area (Å²) in [5.74, 6) is -0.664. The van der Waals surface area contributed by atoms with E-state index in [1.165, 1.54) is 17.0 Å². The number of nitrogens with one attached hydrogen (secondary N) is 1. The van der Waals surface area contributed by atoms with E-state index in [1.54, 1.807) is 19.2 Å². The third-order valence-electron chi connectivity index (χ3n) is 5.44. The zero-order chi connectivity index (χ0) is 26.1. The summed E-state index contributed by atoms with van der Waals surface area (Å²) in [5.41, 5.74) is 1.20. The van der Waals surface area contributed by atoms with Crippen molar-refractivity contribution in [3.8, 4) is 11.5 Å². The Morgan fingerprint density at radius 3 is 2.28 bits per heavy atom. The number of hydrogen-bond acceptors (Lipinski definition) is 4. The molecule has 0 aliphatic carbocycles. The number of nitrogens with zero attached hydrogens (tertiary/aromatic N) is 1. The highest BCUT2D eigenvalue weighted by atomic mass is 19.1. The van der Waals surface area contributed by atoms with Gasteiger partial charge in [0.05, 0.1) is 7.11 Å². The molecule has 36 heavy (non-hydrogen) atoms. The number of rotatable bonds is 10. The van der Waals surface area contributed by atoms with Crippen LogP contribution >= 0.6 is 0 Å². The largest absolute Gasteiger partial charge is 0.497 e. The average molecular weight is 493 g/mol. The average Bonchev–Trinajstić information content (AvgIpc) is 2.85. The van der Waals surface area contributed by atoms with E-state index in [0.29, 0.717) is 12.2 Å². The van der Waals surface area contributed by atoms with Crippen molar-refractivity contribution in [2.75, 3.05) is 13.7 Å². The maximum absolute atomic E-state index is 14.1. The van der Waals surface area contributed by atoms with E-state index in [9.17, 15) is 14.0 Å². The van der Waals surface area contributed by atoms with Crippen LogP contribution in [-0.2, 0) is 22.6 Å². The molecule has 1 N–H and O–H groups in total. The molecule has 0 aliphatic rings. The van der Waals surface area contributed by atoms with Gasteiger partial charge in [-0.25, -0.2) is 4.39 Å². The molecule has 0 fully saturated rings. The Kier molecular flexibility index (Phi) is 9.06. The van der Waals surface area contributed by atoms with Crippen molar-refractivity contribution < 1.29 is 23.5 Å². The van der Waals surface area contributed by atoms with Crippen LogP contribution in [0.5, 0.6) is 11.5 Å². The third-order valence-corrected chi connectivity index (χ3v) is 5.44. The number of ether oxygens (including phenoxy) is 2. The second-order valence-electron chi connectivity index (χ2n) is 9.54. The van der Waals surface area contributed by atoms with Gasteiger partial charge in [0.1, 0.15) is 11.8 Å². The molecule has 0 aromatic heterocycles. The summed E-state index contributed by atoms with van der Waals surface area (Å²) in [6, 6.07) is 21.9. The molecule has 6 nitrogen and oxygen atoms in total. The second kappa shape index (κ2) is 12.2. The van der Waals surface area contributed by atoms with Crippen LogP contribution in [0, 0.1) is 5.82 Å². The minimum absolute atomic E-state index is 0.0223. The molecule has 1 atom stereocenters. The van der Waals surface area contributed by atoms with Gasteiger partial charge in [-0.2, -0.15) is 0 Å². The third kappa shape index (κ3) is 7.83. The molecule has 3 aromatic rings. The van der Waals surface area contributed by atoms with Crippen LogP contribution in [0.2, 0.25) is 0 Å². The van der Waals surface area contributed by atoms with Crippen LogP contribution in [-0.4, -0.2) is 42.0 Å². The predicted octanol–water partition coefficient (Wildman–Crippen LogP) is 4.77. The lowest BCUT2D eigenvalue weighted by molar-refractivity contribution is -0.143.